The van der Waals surface area contributed by atoms with E-state index < -0.39 is 0 Å². The maximum atomic E-state index is 12.7. The number of hydrogen-bond donors (Lipinski definition) is 0. The number of ether oxygens (including phenoxy) is 1. The maximum absolute atomic E-state index is 12.7. The summed E-state index contributed by atoms with van der Waals surface area (Å²) in [6.45, 7) is 4.69. The second kappa shape index (κ2) is 11.5. The van der Waals surface area contributed by atoms with Crippen LogP contribution in [0.15, 0.2) is 11.6 Å². The van der Waals surface area contributed by atoms with Crippen LogP contribution in [-0.4, -0.2) is 17.9 Å². The highest BCUT2D eigenvalue weighted by molar-refractivity contribution is 5.91. The van der Waals surface area contributed by atoms with Gasteiger partial charge in [-0.25, -0.2) is 0 Å². The van der Waals surface area contributed by atoms with Gasteiger partial charge >= 0.3 is 5.97 Å². The summed E-state index contributed by atoms with van der Waals surface area (Å²) in [5.41, 5.74) is 1.62. The lowest BCUT2D eigenvalue weighted by Crippen LogP contribution is -2.48. The third-order valence-corrected chi connectivity index (χ3v) is 9.97. The summed E-state index contributed by atoms with van der Waals surface area (Å²) in [6.07, 6.45) is 23.1. The van der Waals surface area contributed by atoms with E-state index in [9.17, 15) is 9.59 Å². The Morgan fingerprint density at radius 3 is 2.39 bits per heavy atom. The fraction of sp³-hybridized carbons (Fsp3) is 0.867. The second-order valence-electron chi connectivity index (χ2n) is 12.0. The largest absolute Gasteiger partial charge is 0.462 e. The van der Waals surface area contributed by atoms with Gasteiger partial charge in [0.05, 0.1) is 0 Å². The maximum Gasteiger partial charge on any atom is 0.306 e. The molecule has 0 unspecified atom stereocenters. The highest BCUT2D eigenvalue weighted by Crippen LogP contribution is 2.62. The van der Waals surface area contributed by atoms with Gasteiger partial charge in [-0.05, 0) is 81.1 Å². The summed E-state index contributed by atoms with van der Waals surface area (Å²) in [6, 6.07) is 0. The summed E-state index contributed by atoms with van der Waals surface area (Å²) >= 11 is 0. The predicted molar refractivity (Wildman–Crippen MR) is 134 cm³/mol. The number of esters is 1. The Morgan fingerprint density at radius 1 is 0.909 bits per heavy atom. The molecule has 0 radical (unpaired) electrons. The van der Waals surface area contributed by atoms with E-state index in [-0.39, 0.29) is 17.5 Å². The van der Waals surface area contributed by atoms with Crippen molar-refractivity contribution in [3.8, 4) is 0 Å². The minimum Gasteiger partial charge on any atom is -0.462 e. The molecule has 186 valence electrons. The van der Waals surface area contributed by atoms with Crippen molar-refractivity contribution in [2.75, 3.05) is 0 Å². The molecule has 6 atom stereocenters. The van der Waals surface area contributed by atoms with Gasteiger partial charge in [0.2, 0.25) is 0 Å². The van der Waals surface area contributed by atoms with Crippen molar-refractivity contribution < 1.29 is 14.3 Å². The van der Waals surface area contributed by atoms with Gasteiger partial charge in [0, 0.05) is 18.3 Å². The van der Waals surface area contributed by atoms with E-state index >= 15 is 0 Å². The zero-order valence-electron chi connectivity index (χ0n) is 21.4. The third kappa shape index (κ3) is 5.76. The fourth-order valence-corrected chi connectivity index (χ4v) is 8.12. The van der Waals surface area contributed by atoms with Crippen LogP contribution in [0.25, 0.3) is 0 Å². The van der Waals surface area contributed by atoms with Crippen LogP contribution in [0.4, 0.5) is 0 Å². The summed E-state index contributed by atoms with van der Waals surface area (Å²) < 4.78 is 6.16. The SMILES string of the molecule is CCCCCCCCCCCC(=O)O[C@@H]1CC[C@@H]2[C@@H]3CCC4=CC(=O)CC[C@@H]4[C@H]3CC[C@@]21C. The molecule has 0 bridgehead atoms. The topological polar surface area (TPSA) is 43.4 Å². The summed E-state index contributed by atoms with van der Waals surface area (Å²) in [7, 11) is 0. The van der Waals surface area contributed by atoms with E-state index in [1.807, 2.05) is 6.08 Å². The molecule has 4 aliphatic carbocycles. The molecule has 0 aromatic heterocycles. The molecule has 3 nitrogen and oxygen atoms in total. The van der Waals surface area contributed by atoms with Crippen LogP contribution in [0.2, 0.25) is 0 Å². The minimum atomic E-state index is 0.0478. The number of carbonyl (C=O) groups is 2. The molecule has 4 rings (SSSR count). The molecule has 3 saturated carbocycles. The van der Waals surface area contributed by atoms with Gasteiger partial charge in [-0.15, -0.1) is 0 Å². The molecule has 4 aliphatic rings. The standard InChI is InChI=1S/C30H48O3/c1-3-4-5-6-7-8-9-10-11-12-29(32)33-28-18-17-27-26-15-13-22-21-23(31)14-16-24(22)25(26)19-20-30(27,28)2/h21,24-28H,3-20H2,1-2H3/t24-,25+,26+,27+,28+,30-/m0/s1. The first kappa shape index (κ1) is 25.0. The number of hydrogen-bond acceptors (Lipinski definition) is 3. The summed E-state index contributed by atoms with van der Waals surface area (Å²) in [4.78, 5) is 24.6. The Bertz CT molecular complexity index is 709. The number of ketones is 1. The molecule has 0 aromatic carbocycles. The van der Waals surface area contributed by atoms with Crippen molar-refractivity contribution in [3.63, 3.8) is 0 Å². The van der Waals surface area contributed by atoms with E-state index in [1.54, 1.807) is 0 Å². The van der Waals surface area contributed by atoms with Crippen LogP contribution < -0.4 is 0 Å². The first-order valence-electron chi connectivity index (χ1n) is 14.5. The highest BCUT2D eigenvalue weighted by atomic mass is 16.5. The van der Waals surface area contributed by atoms with E-state index in [0.717, 1.165) is 50.4 Å². The second-order valence-corrected chi connectivity index (χ2v) is 12.0. The van der Waals surface area contributed by atoms with Gasteiger partial charge in [-0.1, -0.05) is 70.8 Å². The third-order valence-electron chi connectivity index (χ3n) is 9.97. The van der Waals surface area contributed by atoms with Gasteiger partial charge in [-0.2, -0.15) is 0 Å². The Labute approximate surface area is 202 Å². The first-order valence-corrected chi connectivity index (χ1v) is 14.5. The average Bonchev–Trinajstić information content (AvgIpc) is 3.13. The van der Waals surface area contributed by atoms with Crippen molar-refractivity contribution in [1.82, 2.24) is 0 Å². The van der Waals surface area contributed by atoms with Crippen LogP contribution in [0, 0.1) is 29.1 Å². The Morgan fingerprint density at radius 2 is 1.64 bits per heavy atom. The molecule has 0 aromatic rings. The lowest BCUT2D eigenvalue weighted by atomic mass is 9.52. The van der Waals surface area contributed by atoms with Gasteiger partial charge < -0.3 is 4.74 Å². The molecule has 33 heavy (non-hydrogen) atoms. The van der Waals surface area contributed by atoms with Crippen molar-refractivity contribution in [1.29, 1.82) is 0 Å². The lowest BCUT2D eigenvalue weighted by molar-refractivity contribution is -0.159. The van der Waals surface area contributed by atoms with Gasteiger partial charge in [0.1, 0.15) is 6.10 Å². The molecular formula is C30H48O3. The van der Waals surface area contributed by atoms with Crippen LogP contribution in [0.5, 0.6) is 0 Å². The molecule has 0 heterocycles. The van der Waals surface area contributed by atoms with Gasteiger partial charge in [-0.3, -0.25) is 9.59 Å². The zero-order chi connectivity index (χ0) is 23.3. The monoisotopic (exact) mass is 456 g/mol. The van der Waals surface area contributed by atoms with Crippen LogP contribution in [0.3, 0.4) is 0 Å². The van der Waals surface area contributed by atoms with Crippen molar-refractivity contribution >= 4 is 11.8 Å². The van der Waals surface area contributed by atoms with E-state index in [1.165, 1.54) is 76.2 Å². The Balaban J connectivity index is 1.20. The molecule has 0 aliphatic heterocycles. The Kier molecular flexibility index (Phi) is 8.74. The number of fused-ring (bicyclic) bond motifs is 5. The lowest BCUT2D eigenvalue weighted by Gasteiger charge is -2.53. The van der Waals surface area contributed by atoms with Crippen molar-refractivity contribution in [2.24, 2.45) is 29.1 Å². The normalized spacial score (nSPS) is 35.4. The predicted octanol–water partition coefficient (Wildman–Crippen LogP) is 7.96. The Hall–Kier alpha value is -1.12. The number of unbranched alkanes of at least 4 members (excludes halogenated alkanes) is 8. The smallest absolute Gasteiger partial charge is 0.306 e. The van der Waals surface area contributed by atoms with E-state index in [4.69, 9.17) is 4.74 Å². The molecule has 0 saturated heterocycles. The quantitative estimate of drug-likeness (QED) is 0.234. The first-order chi connectivity index (χ1) is 16.0. The molecule has 0 N–H and O–H groups in total. The molecular weight excluding hydrogens is 408 g/mol. The average molecular weight is 457 g/mol. The molecule has 0 spiro atoms. The van der Waals surface area contributed by atoms with E-state index in [0.29, 0.717) is 24.0 Å². The highest BCUT2D eigenvalue weighted by Gasteiger charge is 2.57. The van der Waals surface area contributed by atoms with E-state index in [2.05, 4.69) is 13.8 Å². The number of rotatable bonds is 11. The zero-order valence-corrected chi connectivity index (χ0v) is 21.4. The fourth-order valence-electron chi connectivity index (χ4n) is 8.12. The van der Waals surface area contributed by atoms with Gasteiger partial charge in [0.25, 0.3) is 0 Å². The summed E-state index contributed by atoms with van der Waals surface area (Å²) in [5, 5.41) is 0. The molecule has 3 heteroatoms. The van der Waals surface area contributed by atoms with Crippen LogP contribution >= 0.6 is 0 Å². The van der Waals surface area contributed by atoms with Crippen molar-refractivity contribution in [3.05, 3.63) is 11.6 Å². The van der Waals surface area contributed by atoms with Crippen LogP contribution in [-0.2, 0) is 14.3 Å². The summed E-state index contributed by atoms with van der Waals surface area (Å²) in [5.74, 6) is 3.26. The number of allylic oxidation sites excluding steroid dienone is 1. The minimum absolute atomic E-state index is 0.0478. The molecule has 0 amide bonds. The molecule has 3 fully saturated rings. The van der Waals surface area contributed by atoms with Gasteiger partial charge in [0.15, 0.2) is 5.78 Å². The number of carbonyl (C=O) groups excluding carboxylic acids is 2. The van der Waals surface area contributed by atoms with Crippen molar-refractivity contribution in [2.45, 2.75) is 136 Å². The van der Waals surface area contributed by atoms with Crippen LogP contribution in [0.1, 0.15) is 129 Å².